The van der Waals surface area contributed by atoms with Gasteiger partial charge in [-0.1, -0.05) is 19.8 Å². The van der Waals surface area contributed by atoms with Crippen molar-refractivity contribution in [3.05, 3.63) is 0 Å². The van der Waals surface area contributed by atoms with Crippen molar-refractivity contribution in [2.45, 2.75) is 64.6 Å². The summed E-state index contributed by atoms with van der Waals surface area (Å²) in [5.41, 5.74) is 0.218. The molecule has 66 valence electrons. The first-order valence-electron chi connectivity index (χ1n) is 4.84. The van der Waals surface area contributed by atoms with Crippen molar-refractivity contribution < 1.29 is 4.74 Å². The smallest absolute Gasteiger partial charge is 0.0658 e. The molecule has 1 fully saturated rings. The first-order valence-corrected chi connectivity index (χ1v) is 4.84. The average molecular weight is 156 g/mol. The highest BCUT2D eigenvalue weighted by Crippen LogP contribution is 2.33. The van der Waals surface area contributed by atoms with E-state index >= 15 is 0 Å². The minimum absolute atomic E-state index is 0.218. The van der Waals surface area contributed by atoms with Gasteiger partial charge in [-0.05, 0) is 33.1 Å². The molecule has 0 N–H and O–H groups in total. The predicted molar refractivity (Wildman–Crippen MR) is 47.7 cm³/mol. The molecule has 0 heterocycles. The maximum Gasteiger partial charge on any atom is 0.0658 e. The molecular formula is C10H20O. The zero-order valence-electron chi connectivity index (χ0n) is 8.02. The maximum absolute atomic E-state index is 5.95. The molecule has 0 amide bonds. The molecule has 1 aliphatic rings. The molecule has 1 heteroatoms. The van der Waals surface area contributed by atoms with Crippen LogP contribution in [0.1, 0.15) is 52.9 Å². The van der Waals surface area contributed by atoms with Crippen molar-refractivity contribution in [2.75, 3.05) is 0 Å². The van der Waals surface area contributed by atoms with E-state index in [4.69, 9.17) is 4.74 Å². The fraction of sp³-hybridized carbons (Fsp3) is 1.00. The Morgan fingerprint density at radius 2 is 1.91 bits per heavy atom. The highest BCUT2D eigenvalue weighted by Gasteiger charge is 2.30. The topological polar surface area (TPSA) is 9.23 Å². The molecule has 1 saturated carbocycles. The summed E-state index contributed by atoms with van der Waals surface area (Å²) in [5.74, 6) is 0. The van der Waals surface area contributed by atoms with Crippen LogP contribution >= 0.6 is 0 Å². The van der Waals surface area contributed by atoms with Crippen LogP contribution in [0.3, 0.4) is 0 Å². The van der Waals surface area contributed by atoms with E-state index < -0.39 is 0 Å². The van der Waals surface area contributed by atoms with Crippen LogP contribution in [0.25, 0.3) is 0 Å². The summed E-state index contributed by atoms with van der Waals surface area (Å²) in [5, 5.41) is 0. The third kappa shape index (κ3) is 2.48. The van der Waals surface area contributed by atoms with Gasteiger partial charge in [-0.2, -0.15) is 0 Å². The maximum atomic E-state index is 5.95. The normalized spacial score (nSPS) is 25.4. The Balaban J connectivity index is 2.33. The van der Waals surface area contributed by atoms with Gasteiger partial charge in [-0.15, -0.1) is 0 Å². The number of ether oxygens (including phenoxy) is 1. The van der Waals surface area contributed by atoms with Crippen LogP contribution in [0.5, 0.6) is 0 Å². The fourth-order valence-electron chi connectivity index (χ4n) is 1.81. The zero-order chi connectivity index (χ0) is 8.32. The Morgan fingerprint density at radius 3 is 2.36 bits per heavy atom. The standard InChI is InChI=1S/C10H20O/c1-4-9(2)11-10(3)7-5-6-8-10/h9H,4-8H2,1-3H3. The molecule has 0 aromatic heterocycles. The summed E-state index contributed by atoms with van der Waals surface area (Å²) < 4.78 is 5.95. The van der Waals surface area contributed by atoms with Gasteiger partial charge in [-0.25, -0.2) is 0 Å². The van der Waals surface area contributed by atoms with Crippen molar-refractivity contribution in [1.82, 2.24) is 0 Å². The van der Waals surface area contributed by atoms with Crippen molar-refractivity contribution in [2.24, 2.45) is 0 Å². The first kappa shape index (κ1) is 9.05. The van der Waals surface area contributed by atoms with Crippen LogP contribution < -0.4 is 0 Å². The molecule has 1 nitrogen and oxygen atoms in total. The highest BCUT2D eigenvalue weighted by atomic mass is 16.5. The minimum atomic E-state index is 0.218. The molecule has 1 atom stereocenters. The Bertz CT molecular complexity index is 114. The minimum Gasteiger partial charge on any atom is -0.372 e. The average Bonchev–Trinajstić information content (AvgIpc) is 2.36. The number of rotatable bonds is 3. The van der Waals surface area contributed by atoms with E-state index in [1.54, 1.807) is 0 Å². The Labute approximate surface area is 70.1 Å². The molecule has 1 rings (SSSR count). The third-order valence-corrected chi connectivity index (χ3v) is 2.72. The first-order chi connectivity index (χ1) is 5.16. The van der Waals surface area contributed by atoms with E-state index in [2.05, 4.69) is 20.8 Å². The summed E-state index contributed by atoms with van der Waals surface area (Å²) in [6.45, 7) is 6.61. The van der Waals surface area contributed by atoms with Gasteiger partial charge >= 0.3 is 0 Å². The van der Waals surface area contributed by atoms with Crippen molar-refractivity contribution in [3.63, 3.8) is 0 Å². The van der Waals surface area contributed by atoms with Gasteiger partial charge in [0.05, 0.1) is 11.7 Å². The van der Waals surface area contributed by atoms with Crippen LogP contribution in [0.2, 0.25) is 0 Å². The van der Waals surface area contributed by atoms with Crippen molar-refractivity contribution in [3.8, 4) is 0 Å². The second-order valence-corrected chi connectivity index (χ2v) is 3.99. The molecule has 0 aliphatic heterocycles. The lowest BCUT2D eigenvalue weighted by Gasteiger charge is -2.28. The largest absolute Gasteiger partial charge is 0.372 e. The lowest BCUT2D eigenvalue weighted by molar-refractivity contribution is -0.0716. The molecule has 0 radical (unpaired) electrons. The number of hydrogen-bond acceptors (Lipinski definition) is 1. The predicted octanol–water partition coefficient (Wildman–Crippen LogP) is 3.13. The molecule has 11 heavy (non-hydrogen) atoms. The second kappa shape index (κ2) is 3.57. The van der Waals surface area contributed by atoms with Crippen LogP contribution in [-0.2, 0) is 4.74 Å². The molecule has 0 spiro atoms. The van der Waals surface area contributed by atoms with Crippen LogP contribution in [0.4, 0.5) is 0 Å². The number of hydrogen-bond donors (Lipinski definition) is 0. The summed E-state index contributed by atoms with van der Waals surface area (Å²) in [7, 11) is 0. The summed E-state index contributed by atoms with van der Waals surface area (Å²) in [6, 6.07) is 0. The molecular weight excluding hydrogens is 136 g/mol. The highest BCUT2D eigenvalue weighted by molar-refractivity contribution is 4.82. The van der Waals surface area contributed by atoms with Gasteiger partial charge in [0, 0.05) is 0 Å². The molecule has 0 bridgehead atoms. The fourth-order valence-corrected chi connectivity index (χ4v) is 1.81. The van der Waals surface area contributed by atoms with E-state index in [9.17, 15) is 0 Å². The van der Waals surface area contributed by atoms with Crippen molar-refractivity contribution in [1.29, 1.82) is 0 Å². The van der Waals surface area contributed by atoms with Gasteiger partial charge in [0.25, 0.3) is 0 Å². The monoisotopic (exact) mass is 156 g/mol. The Morgan fingerprint density at radius 1 is 1.36 bits per heavy atom. The van der Waals surface area contributed by atoms with Crippen molar-refractivity contribution >= 4 is 0 Å². The van der Waals surface area contributed by atoms with Crippen LogP contribution in [-0.4, -0.2) is 11.7 Å². The van der Waals surface area contributed by atoms with E-state index in [-0.39, 0.29) is 5.60 Å². The molecule has 0 aromatic rings. The molecule has 1 aliphatic carbocycles. The Kier molecular flexibility index (Phi) is 2.94. The quantitative estimate of drug-likeness (QED) is 0.610. The van der Waals surface area contributed by atoms with E-state index in [0.717, 1.165) is 6.42 Å². The van der Waals surface area contributed by atoms with E-state index in [1.807, 2.05) is 0 Å². The van der Waals surface area contributed by atoms with Gasteiger partial charge in [0.15, 0.2) is 0 Å². The SMILES string of the molecule is CCC(C)OC1(C)CCCC1. The summed E-state index contributed by atoms with van der Waals surface area (Å²) in [4.78, 5) is 0. The van der Waals surface area contributed by atoms with Gasteiger partial charge in [0.2, 0.25) is 0 Å². The molecule has 0 saturated heterocycles. The van der Waals surface area contributed by atoms with Gasteiger partial charge < -0.3 is 4.74 Å². The molecule has 0 aromatic carbocycles. The van der Waals surface area contributed by atoms with Gasteiger partial charge in [0.1, 0.15) is 0 Å². The summed E-state index contributed by atoms with van der Waals surface area (Å²) >= 11 is 0. The second-order valence-electron chi connectivity index (χ2n) is 3.99. The lowest BCUT2D eigenvalue weighted by atomic mass is 10.1. The van der Waals surface area contributed by atoms with Gasteiger partial charge in [-0.3, -0.25) is 0 Å². The van der Waals surface area contributed by atoms with Crippen LogP contribution in [0.15, 0.2) is 0 Å². The third-order valence-electron chi connectivity index (χ3n) is 2.72. The zero-order valence-corrected chi connectivity index (χ0v) is 8.02. The van der Waals surface area contributed by atoms with Crippen LogP contribution in [0, 0.1) is 0 Å². The lowest BCUT2D eigenvalue weighted by Crippen LogP contribution is -2.28. The van der Waals surface area contributed by atoms with E-state index in [1.165, 1.54) is 25.7 Å². The van der Waals surface area contributed by atoms with E-state index in [0.29, 0.717) is 6.10 Å². The Hall–Kier alpha value is -0.0400. The summed E-state index contributed by atoms with van der Waals surface area (Å²) in [6.07, 6.45) is 6.81. The molecule has 1 unspecified atom stereocenters.